The Bertz CT molecular complexity index is 1270. The number of nitrogens with zero attached hydrogens (tertiary/aromatic N) is 1. The van der Waals surface area contributed by atoms with Crippen LogP contribution in [0.3, 0.4) is 0 Å². The first kappa shape index (κ1) is 21.8. The van der Waals surface area contributed by atoms with Gasteiger partial charge in [-0.3, -0.25) is 9.59 Å². The molecule has 0 aliphatic rings. The number of amides is 1. The maximum atomic E-state index is 12.2. The van der Waals surface area contributed by atoms with Crippen LogP contribution in [-0.4, -0.2) is 22.5 Å². The van der Waals surface area contributed by atoms with Gasteiger partial charge in [0.25, 0.3) is 5.56 Å². The van der Waals surface area contributed by atoms with Crippen molar-refractivity contribution in [2.45, 2.75) is 13.3 Å². The first-order chi connectivity index (χ1) is 16.0. The molecule has 2 N–H and O–H groups in total. The Kier molecular flexibility index (Phi) is 6.80. The van der Waals surface area contributed by atoms with Crippen molar-refractivity contribution >= 4 is 11.6 Å². The van der Waals surface area contributed by atoms with Crippen LogP contribution < -0.4 is 20.3 Å². The third-order valence-corrected chi connectivity index (χ3v) is 4.71. The number of H-pyrrole nitrogens is 1. The fourth-order valence-electron chi connectivity index (χ4n) is 3.14. The van der Waals surface area contributed by atoms with Crippen LogP contribution >= 0.6 is 0 Å². The SMILES string of the molecule is Cc1cc(=O)[nH]c(-c2ccc(NC(=O)CCOc3ccc(Oc4ccccc4)cc3)cc2)n1. The largest absolute Gasteiger partial charge is 0.493 e. The number of para-hydroxylation sites is 1. The maximum Gasteiger partial charge on any atom is 0.251 e. The molecule has 4 rings (SSSR count). The monoisotopic (exact) mass is 441 g/mol. The predicted molar refractivity (Wildman–Crippen MR) is 127 cm³/mol. The van der Waals surface area contributed by atoms with Gasteiger partial charge in [0.2, 0.25) is 5.91 Å². The van der Waals surface area contributed by atoms with E-state index in [4.69, 9.17) is 9.47 Å². The molecule has 1 amide bonds. The van der Waals surface area contributed by atoms with Crippen LogP contribution in [0.1, 0.15) is 12.1 Å². The summed E-state index contributed by atoms with van der Waals surface area (Å²) in [5.74, 6) is 2.46. The van der Waals surface area contributed by atoms with Gasteiger partial charge in [0.1, 0.15) is 23.1 Å². The number of ether oxygens (including phenoxy) is 2. The Morgan fingerprint density at radius 1 is 0.909 bits per heavy atom. The normalized spacial score (nSPS) is 10.5. The number of hydrogen-bond donors (Lipinski definition) is 2. The molecule has 3 aromatic carbocycles. The van der Waals surface area contributed by atoms with Gasteiger partial charge in [0.15, 0.2) is 0 Å². The summed E-state index contributed by atoms with van der Waals surface area (Å²) in [7, 11) is 0. The van der Waals surface area contributed by atoms with Crippen LogP contribution in [0.5, 0.6) is 17.2 Å². The number of anilines is 1. The molecule has 0 unspecified atom stereocenters. The summed E-state index contributed by atoms with van der Waals surface area (Å²) in [4.78, 5) is 30.9. The fourth-order valence-corrected chi connectivity index (χ4v) is 3.14. The van der Waals surface area contributed by atoms with Crippen molar-refractivity contribution < 1.29 is 14.3 Å². The maximum absolute atomic E-state index is 12.2. The molecule has 0 aliphatic heterocycles. The summed E-state index contributed by atoms with van der Waals surface area (Å²) < 4.78 is 11.4. The lowest BCUT2D eigenvalue weighted by Gasteiger charge is -2.09. The molecule has 0 atom stereocenters. The van der Waals surface area contributed by atoms with E-state index in [9.17, 15) is 9.59 Å². The van der Waals surface area contributed by atoms with E-state index in [1.807, 2.05) is 42.5 Å². The number of carbonyl (C=O) groups excluding carboxylic acids is 1. The summed E-state index contributed by atoms with van der Waals surface area (Å²) in [5, 5.41) is 2.83. The van der Waals surface area contributed by atoms with Crippen LogP contribution in [0.25, 0.3) is 11.4 Å². The molecular weight excluding hydrogens is 418 g/mol. The Balaban J connectivity index is 1.24. The molecular formula is C26H23N3O4. The minimum Gasteiger partial charge on any atom is -0.493 e. The topological polar surface area (TPSA) is 93.3 Å². The van der Waals surface area contributed by atoms with Crippen LogP contribution in [0.2, 0.25) is 0 Å². The van der Waals surface area contributed by atoms with E-state index in [1.165, 1.54) is 6.07 Å². The van der Waals surface area contributed by atoms with Gasteiger partial charge in [-0.25, -0.2) is 4.98 Å². The number of aromatic nitrogens is 2. The fraction of sp³-hybridized carbons (Fsp3) is 0.115. The minimum atomic E-state index is -0.201. The number of rotatable bonds is 8. The zero-order valence-electron chi connectivity index (χ0n) is 18.1. The zero-order valence-corrected chi connectivity index (χ0v) is 18.1. The number of aryl methyl sites for hydroxylation is 1. The van der Waals surface area contributed by atoms with Crippen molar-refractivity contribution in [2.75, 3.05) is 11.9 Å². The van der Waals surface area contributed by atoms with Crippen molar-refractivity contribution in [3.05, 3.63) is 101 Å². The lowest BCUT2D eigenvalue weighted by atomic mass is 10.2. The minimum absolute atomic E-state index is 0.158. The van der Waals surface area contributed by atoms with Gasteiger partial charge in [-0.05, 0) is 67.6 Å². The Hall–Kier alpha value is -4.39. The Morgan fingerprint density at radius 2 is 1.58 bits per heavy atom. The summed E-state index contributed by atoms with van der Waals surface area (Å²) >= 11 is 0. The summed E-state index contributed by atoms with van der Waals surface area (Å²) in [5.41, 5.74) is 1.86. The quantitative estimate of drug-likeness (QED) is 0.404. The summed E-state index contributed by atoms with van der Waals surface area (Å²) in [6, 6.07) is 25.3. The lowest BCUT2D eigenvalue weighted by Crippen LogP contribution is -2.15. The van der Waals surface area contributed by atoms with Crippen LogP contribution in [0.15, 0.2) is 89.7 Å². The van der Waals surface area contributed by atoms with E-state index >= 15 is 0 Å². The number of carbonyl (C=O) groups is 1. The van der Waals surface area contributed by atoms with Gasteiger partial charge < -0.3 is 19.8 Å². The highest BCUT2D eigenvalue weighted by atomic mass is 16.5. The van der Waals surface area contributed by atoms with Crippen LogP contribution in [0, 0.1) is 6.92 Å². The number of hydrogen-bond acceptors (Lipinski definition) is 5. The molecule has 0 saturated heterocycles. The van der Waals surface area contributed by atoms with Gasteiger partial charge in [-0.2, -0.15) is 0 Å². The molecule has 1 aromatic heterocycles. The van der Waals surface area contributed by atoms with Gasteiger partial charge in [0.05, 0.1) is 13.0 Å². The molecule has 0 saturated carbocycles. The molecule has 7 nitrogen and oxygen atoms in total. The average molecular weight is 441 g/mol. The highest BCUT2D eigenvalue weighted by molar-refractivity contribution is 5.91. The second-order valence-corrected chi connectivity index (χ2v) is 7.35. The smallest absolute Gasteiger partial charge is 0.251 e. The van der Waals surface area contributed by atoms with Gasteiger partial charge >= 0.3 is 0 Å². The molecule has 0 radical (unpaired) electrons. The first-order valence-corrected chi connectivity index (χ1v) is 10.5. The van der Waals surface area contributed by atoms with Crippen molar-refractivity contribution in [1.29, 1.82) is 0 Å². The molecule has 0 aliphatic carbocycles. The second kappa shape index (κ2) is 10.3. The van der Waals surface area contributed by atoms with Gasteiger partial charge in [-0.15, -0.1) is 0 Å². The number of benzene rings is 3. The van der Waals surface area contributed by atoms with Crippen molar-refractivity contribution in [3.8, 4) is 28.6 Å². The highest BCUT2D eigenvalue weighted by Gasteiger charge is 2.06. The highest BCUT2D eigenvalue weighted by Crippen LogP contribution is 2.23. The van der Waals surface area contributed by atoms with Crippen LogP contribution in [0.4, 0.5) is 5.69 Å². The number of aromatic amines is 1. The molecule has 7 heteroatoms. The van der Waals surface area contributed by atoms with Gasteiger partial charge in [-0.1, -0.05) is 18.2 Å². The van der Waals surface area contributed by atoms with E-state index in [0.29, 0.717) is 28.7 Å². The molecule has 0 fully saturated rings. The Labute approximate surface area is 191 Å². The van der Waals surface area contributed by atoms with E-state index in [-0.39, 0.29) is 24.5 Å². The van der Waals surface area contributed by atoms with E-state index in [1.54, 1.807) is 43.3 Å². The molecule has 33 heavy (non-hydrogen) atoms. The third-order valence-electron chi connectivity index (χ3n) is 4.71. The molecule has 4 aromatic rings. The molecule has 0 spiro atoms. The van der Waals surface area contributed by atoms with Crippen molar-refractivity contribution in [2.24, 2.45) is 0 Å². The van der Waals surface area contributed by atoms with Crippen molar-refractivity contribution in [1.82, 2.24) is 9.97 Å². The first-order valence-electron chi connectivity index (χ1n) is 10.5. The van der Waals surface area contributed by atoms with Crippen LogP contribution in [-0.2, 0) is 4.79 Å². The van der Waals surface area contributed by atoms with Gasteiger partial charge in [0, 0.05) is 23.0 Å². The molecule has 1 heterocycles. The predicted octanol–water partition coefficient (Wildman–Crippen LogP) is 4.95. The summed E-state index contributed by atoms with van der Waals surface area (Å²) in [6.45, 7) is 2.01. The Morgan fingerprint density at radius 3 is 2.27 bits per heavy atom. The average Bonchev–Trinajstić information content (AvgIpc) is 2.81. The third kappa shape index (κ3) is 6.30. The van der Waals surface area contributed by atoms with E-state index in [2.05, 4.69) is 15.3 Å². The van der Waals surface area contributed by atoms with E-state index in [0.717, 1.165) is 11.3 Å². The standard InChI is InChI=1S/C26H23N3O4/c1-18-17-25(31)29-26(27-18)19-7-9-20(10-8-19)28-24(30)15-16-32-21-11-13-23(14-12-21)33-22-5-3-2-4-6-22/h2-14,17H,15-16H2,1H3,(H,28,30)(H,27,29,31). The summed E-state index contributed by atoms with van der Waals surface area (Å²) in [6.07, 6.45) is 0.205. The second-order valence-electron chi connectivity index (χ2n) is 7.35. The zero-order chi connectivity index (χ0) is 23.0. The van der Waals surface area contributed by atoms with E-state index < -0.39 is 0 Å². The lowest BCUT2D eigenvalue weighted by molar-refractivity contribution is -0.116. The number of nitrogens with one attached hydrogen (secondary N) is 2. The molecule has 0 bridgehead atoms. The van der Waals surface area contributed by atoms with Crippen molar-refractivity contribution in [3.63, 3.8) is 0 Å². The molecule has 166 valence electrons.